The Morgan fingerprint density at radius 1 is 1.00 bits per heavy atom. The number of ketones is 1. The zero-order valence-corrected chi connectivity index (χ0v) is 16.3. The molecule has 0 heterocycles. The Morgan fingerprint density at radius 3 is 1.92 bits per heavy atom. The van der Waals surface area contributed by atoms with Gasteiger partial charge in [0.25, 0.3) is 0 Å². The number of carbonyl (C=O) groups excluding carboxylic acids is 4. The van der Waals surface area contributed by atoms with Crippen molar-refractivity contribution in [2.75, 3.05) is 7.05 Å². The van der Waals surface area contributed by atoms with Crippen LogP contribution < -0.4 is 16.4 Å². The molecule has 3 atom stereocenters. The predicted molar refractivity (Wildman–Crippen MR) is 95.6 cm³/mol. The van der Waals surface area contributed by atoms with E-state index in [4.69, 9.17) is 5.73 Å². The van der Waals surface area contributed by atoms with Crippen LogP contribution in [0.4, 0.5) is 0 Å². The summed E-state index contributed by atoms with van der Waals surface area (Å²) in [5.41, 5.74) is 5.16. The molecule has 0 aliphatic heterocycles. The van der Waals surface area contributed by atoms with Crippen LogP contribution in [0.2, 0.25) is 0 Å². The van der Waals surface area contributed by atoms with Crippen LogP contribution in [-0.4, -0.2) is 59.6 Å². The second-order valence-corrected chi connectivity index (χ2v) is 6.96. The minimum atomic E-state index is -0.984. The third-order valence-corrected chi connectivity index (χ3v) is 3.90. The van der Waals surface area contributed by atoms with Crippen molar-refractivity contribution in [1.82, 2.24) is 15.5 Å². The highest BCUT2D eigenvalue weighted by Crippen LogP contribution is 2.06. The first-order chi connectivity index (χ1) is 11.4. The fraction of sp³-hybridized carbons (Fsp3) is 0.765. The van der Waals surface area contributed by atoms with E-state index in [0.717, 1.165) is 0 Å². The van der Waals surface area contributed by atoms with Gasteiger partial charge in [-0.2, -0.15) is 0 Å². The minimum Gasteiger partial charge on any atom is -0.370 e. The molecule has 0 aliphatic rings. The zero-order chi connectivity index (χ0) is 19.9. The second kappa shape index (κ2) is 10.1. The van der Waals surface area contributed by atoms with Gasteiger partial charge in [-0.05, 0) is 13.8 Å². The van der Waals surface area contributed by atoms with Crippen molar-refractivity contribution in [2.45, 2.75) is 72.1 Å². The first-order valence-corrected chi connectivity index (χ1v) is 8.53. The number of hydrogen-bond acceptors (Lipinski definition) is 5. The molecule has 0 saturated heterocycles. The van der Waals surface area contributed by atoms with Crippen molar-refractivity contribution in [2.24, 2.45) is 11.7 Å². The van der Waals surface area contributed by atoms with Crippen LogP contribution in [0, 0.1) is 5.92 Å². The summed E-state index contributed by atoms with van der Waals surface area (Å²) in [7, 11) is 1.53. The fourth-order valence-corrected chi connectivity index (χ4v) is 2.36. The number of nitrogens with zero attached hydrogens (tertiary/aromatic N) is 1. The second-order valence-electron chi connectivity index (χ2n) is 6.96. The molecule has 0 spiro atoms. The molecule has 0 fully saturated rings. The highest BCUT2D eigenvalue weighted by Gasteiger charge is 2.30. The van der Waals surface area contributed by atoms with Crippen LogP contribution in [-0.2, 0) is 19.2 Å². The Bertz CT molecular complexity index is 505. The van der Waals surface area contributed by atoms with Gasteiger partial charge >= 0.3 is 0 Å². The smallest absolute Gasteiger partial charge is 0.243 e. The molecule has 144 valence electrons. The van der Waals surface area contributed by atoms with Crippen LogP contribution in [0.25, 0.3) is 0 Å². The number of primary amides is 1. The quantitative estimate of drug-likeness (QED) is 0.501. The third-order valence-electron chi connectivity index (χ3n) is 3.90. The number of rotatable bonds is 10. The number of carbonyl (C=O) groups is 4. The lowest BCUT2D eigenvalue weighted by Crippen LogP contribution is -2.55. The number of nitrogens with one attached hydrogen (secondary N) is 2. The number of nitrogens with two attached hydrogens (primary N) is 1. The van der Waals surface area contributed by atoms with E-state index in [0.29, 0.717) is 0 Å². The van der Waals surface area contributed by atoms with Gasteiger partial charge in [-0.1, -0.05) is 27.7 Å². The van der Waals surface area contributed by atoms with E-state index < -0.39 is 29.9 Å². The molecule has 8 nitrogen and oxygen atoms in total. The van der Waals surface area contributed by atoms with E-state index in [1.165, 1.54) is 11.9 Å². The van der Waals surface area contributed by atoms with E-state index in [9.17, 15) is 19.2 Å². The van der Waals surface area contributed by atoms with Gasteiger partial charge in [0.2, 0.25) is 17.7 Å². The SMILES string of the molecule is CC(C)N[C@@H](C)C(=O)N(C)[C@@H](C)C(=O)NC(CC(N)=O)C(=O)C(C)C. The molecule has 0 bridgehead atoms. The van der Waals surface area contributed by atoms with Gasteiger partial charge in [-0.3, -0.25) is 19.2 Å². The Morgan fingerprint density at radius 2 is 1.52 bits per heavy atom. The molecule has 0 aromatic rings. The molecule has 1 unspecified atom stereocenters. The van der Waals surface area contributed by atoms with Crippen LogP contribution in [0.5, 0.6) is 0 Å². The summed E-state index contributed by atoms with van der Waals surface area (Å²) in [5, 5.41) is 5.62. The molecule has 0 saturated carbocycles. The Labute approximate surface area is 149 Å². The minimum absolute atomic E-state index is 0.125. The van der Waals surface area contributed by atoms with Gasteiger partial charge in [0.05, 0.1) is 18.5 Å². The van der Waals surface area contributed by atoms with Crippen molar-refractivity contribution >= 4 is 23.5 Å². The summed E-state index contributed by atoms with van der Waals surface area (Å²) in [6.45, 7) is 10.5. The third kappa shape index (κ3) is 7.64. The topological polar surface area (TPSA) is 122 Å². The Hall–Kier alpha value is -1.96. The monoisotopic (exact) mass is 356 g/mol. The summed E-state index contributed by atoms with van der Waals surface area (Å²) < 4.78 is 0. The van der Waals surface area contributed by atoms with Crippen LogP contribution in [0.3, 0.4) is 0 Å². The van der Waals surface area contributed by atoms with Crippen molar-refractivity contribution in [3.63, 3.8) is 0 Å². The number of Topliss-reactive ketones (excluding diaryl/α,β-unsaturated/α-hetero) is 1. The first kappa shape index (κ1) is 23.0. The van der Waals surface area contributed by atoms with Gasteiger partial charge in [-0.25, -0.2) is 0 Å². The molecule has 4 N–H and O–H groups in total. The van der Waals surface area contributed by atoms with Gasteiger partial charge in [-0.15, -0.1) is 0 Å². The van der Waals surface area contributed by atoms with E-state index in [2.05, 4.69) is 10.6 Å². The maximum atomic E-state index is 12.4. The number of likely N-dealkylation sites (N-methyl/N-ethyl adjacent to an activating group) is 1. The molecule has 0 aliphatic carbocycles. The highest BCUT2D eigenvalue weighted by molar-refractivity contribution is 5.96. The van der Waals surface area contributed by atoms with E-state index in [1.807, 2.05) is 13.8 Å². The van der Waals surface area contributed by atoms with Crippen LogP contribution >= 0.6 is 0 Å². The molecule has 0 rings (SSSR count). The Kier molecular flexibility index (Phi) is 9.33. The Balaban J connectivity index is 5.02. The molecular formula is C17H32N4O4. The van der Waals surface area contributed by atoms with Gasteiger partial charge in [0.1, 0.15) is 6.04 Å². The molecule has 0 aromatic heterocycles. The van der Waals surface area contributed by atoms with Crippen LogP contribution in [0.15, 0.2) is 0 Å². The summed E-state index contributed by atoms with van der Waals surface area (Å²) >= 11 is 0. The summed E-state index contributed by atoms with van der Waals surface area (Å²) in [6, 6.07) is -2.10. The predicted octanol–water partition coefficient (Wildman–Crippen LogP) is -0.195. The van der Waals surface area contributed by atoms with Crippen molar-refractivity contribution in [1.29, 1.82) is 0 Å². The maximum Gasteiger partial charge on any atom is 0.243 e. The molecule has 8 heteroatoms. The van der Waals surface area contributed by atoms with Crippen LogP contribution in [0.1, 0.15) is 48.0 Å². The van der Waals surface area contributed by atoms with E-state index in [-0.39, 0.29) is 30.1 Å². The van der Waals surface area contributed by atoms with Gasteiger partial charge < -0.3 is 21.3 Å². The molecule has 0 radical (unpaired) electrons. The standard InChI is InChI=1S/C17H32N4O4/c1-9(2)15(23)13(8-14(18)22)20-16(24)12(6)21(7)17(25)11(5)19-10(3)4/h9-13,19H,8H2,1-7H3,(H2,18,22)(H,20,24)/t11-,12-,13?/m0/s1. The highest BCUT2D eigenvalue weighted by atomic mass is 16.2. The van der Waals surface area contributed by atoms with E-state index >= 15 is 0 Å². The van der Waals surface area contributed by atoms with Gasteiger partial charge in [0, 0.05) is 19.0 Å². The first-order valence-electron chi connectivity index (χ1n) is 8.53. The largest absolute Gasteiger partial charge is 0.370 e. The molecule has 0 aromatic carbocycles. The number of amides is 3. The lowest BCUT2D eigenvalue weighted by atomic mass is 9.98. The van der Waals surface area contributed by atoms with Crippen molar-refractivity contribution in [3.8, 4) is 0 Å². The summed E-state index contributed by atoms with van der Waals surface area (Å²) in [6.07, 6.45) is -0.265. The molecule has 25 heavy (non-hydrogen) atoms. The number of hydrogen-bond donors (Lipinski definition) is 3. The maximum absolute atomic E-state index is 12.4. The zero-order valence-electron chi connectivity index (χ0n) is 16.3. The summed E-state index contributed by atoms with van der Waals surface area (Å²) in [4.78, 5) is 49.4. The van der Waals surface area contributed by atoms with E-state index in [1.54, 1.807) is 27.7 Å². The normalized spacial score (nSPS) is 14.8. The fourth-order valence-electron chi connectivity index (χ4n) is 2.36. The van der Waals surface area contributed by atoms with Crippen molar-refractivity contribution in [3.05, 3.63) is 0 Å². The van der Waals surface area contributed by atoms with Gasteiger partial charge in [0.15, 0.2) is 5.78 Å². The molecular weight excluding hydrogens is 324 g/mol. The summed E-state index contributed by atoms with van der Waals surface area (Å²) in [5.74, 6) is -2.05. The molecule has 3 amide bonds. The van der Waals surface area contributed by atoms with Crippen molar-refractivity contribution < 1.29 is 19.2 Å². The average Bonchev–Trinajstić information content (AvgIpc) is 2.49. The lowest BCUT2D eigenvalue weighted by Gasteiger charge is -2.29. The average molecular weight is 356 g/mol. The lowest BCUT2D eigenvalue weighted by molar-refractivity contribution is -0.141.